The third-order valence-electron chi connectivity index (χ3n) is 1.58. The summed E-state index contributed by atoms with van der Waals surface area (Å²) >= 11 is 0. The van der Waals surface area contributed by atoms with Crippen molar-refractivity contribution in [2.24, 2.45) is 5.73 Å². The molecule has 60 valence electrons. The quantitative estimate of drug-likeness (QED) is 0.642. The first-order chi connectivity index (χ1) is 5.15. The van der Waals surface area contributed by atoms with Gasteiger partial charge in [0.05, 0.1) is 0 Å². The lowest BCUT2D eigenvalue weighted by atomic mass is 10.1. The Morgan fingerprint density at radius 2 is 2.18 bits per heavy atom. The molecule has 1 aromatic carbocycles. The highest BCUT2D eigenvalue weighted by atomic mass is 19.1. The summed E-state index contributed by atoms with van der Waals surface area (Å²) in [5.41, 5.74) is 6.11. The molecule has 0 heterocycles. The van der Waals surface area contributed by atoms with Crippen molar-refractivity contribution in [3.05, 3.63) is 29.1 Å². The largest absolute Gasteiger partial charge is 0.508 e. The van der Waals surface area contributed by atoms with Crippen LogP contribution in [0.2, 0.25) is 0 Å². The molecule has 0 amide bonds. The normalized spacial score (nSPS) is 10.1. The third-order valence-corrected chi connectivity index (χ3v) is 1.58. The van der Waals surface area contributed by atoms with Crippen LogP contribution in [0.5, 0.6) is 5.75 Å². The van der Waals surface area contributed by atoms with Crippen LogP contribution in [-0.2, 0) is 6.54 Å². The zero-order valence-electron chi connectivity index (χ0n) is 6.26. The zero-order valence-corrected chi connectivity index (χ0v) is 6.26. The molecule has 11 heavy (non-hydrogen) atoms. The number of aromatic hydroxyl groups is 1. The van der Waals surface area contributed by atoms with E-state index in [9.17, 15) is 4.39 Å². The average molecular weight is 155 g/mol. The van der Waals surface area contributed by atoms with Gasteiger partial charge in [-0.2, -0.15) is 0 Å². The maximum atomic E-state index is 12.8. The van der Waals surface area contributed by atoms with Crippen LogP contribution >= 0.6 is 0 Å². The Balaban J connectivity index is 3.21. The van der Waals surface area contributed by atoms with Gasteiger partial charge in [0.15, 0.2) is 0 Å². The van der Waals surface area contributed by atoms with Crippen molar-refractivity contribution in [1.82, 2.24) is 0 Å². The van der Waals surface area contributed by atoms with Crippen LogP contribution in [0.1, 0.15) is 11.1 Å². The van der Waals surface area contributed by atoms with E-state index in [-0.39, 0.29) is 18.1 Å². The summed E-state index contributed by atoms with van der Waals surface area (Å²) in [5, 5.41) is 9.17. The summed E-state index contributed by atoms with van der Waals surface area (Å²) in [6.07, 6.45) is 0. The van der Waals surface area contributed by atoms with Crippen molar-refractivity contribution < 1.29 is 9.50 Å². The van der Waals surface area contributed by atoms with Crippen LogP contribution in [-0.4, -0.2) is 5.11 Å². The number of halogens is 1. The van der Waals surface area contributed by atoms with Crippen LogP contribution in [0.25, 0.3) is 0 Å². The molecule has 3 N–H and O–H groups in total. The zero-order chi connectivity index (χ0) is 8.43. The second kappa shape index (κ2) is 2.88. The standard InChI is InChI=1S/C8H10FNO/c1-5-2-8(11)6(4-10)3-7(5)9/h2-3,11H,4,10H2,1H3. The summed E-state index contributed by atoms with van der Waals surface area (Å²) in [5.74, 6) is -0.269. The van der Waals surface area contributed by atoms with Gasteiger partial charge in [-0.05, 0) is 24.6 Å². The second-order valence-electron chi connectivity index (χ2n) is 2.43. The van der Waals surface area contributed by atoms with Crippen LogP contribution in [0.4, 0.5) is 4.39 Å². The molecule has 0 saturated carbocycles. The van der Waals surface area contributed by atoms with E-state index in [1.54, 1.807) is 6.92 Å². The summed E-state index contributed by atoms with van der Waals surface area (Å²) < 4.78 is 12.8. The predicted molar refractivity (Wildman–Crippen MR) is 40.7 cm³/mol. The molecule has 1 aromatic rings. The Morgan fingerprint density at radius 3 is 2.73 bits per heavy atom. The lowest BCUT2D eigenvalue weighted by Gasteiger charge is -2.02. The van der Waals surface area contributed by atoms with Gasteiger partial charge in [0.25, 0.3) is 0 Å². The molecule has 1 rings (SSSR count). The molecule has 0 aromatic heterocycles. The van der Waals surface area contributed by atoms with E-state index in [1.165, 1.54) is 12.1 Å². The van der Waals surface area contributed by atoms with E-state index < -0.39 is 0 Å². The monoisotopic (exact) mass is 155 g/mol. The minimum atomic E-state index is -0.330. The number of aryl methyl sites for hydroxylation is 1. The fourth-order valence-electron chi connectivity index (χ4n) is 0.871. The number of phenolic OH excluding ortho intramolecular Hbond substituents is 1. The highest BCUT2D eigenvalue weighted by molar-refractivity contribution is 5.36. The van der Waals surface area contributed by atoms with E-state index in [2.05, 4.69) is 0 Å². The molecule has 0 radical (unpaired) electrons. The van der Waals surface area contributed by atoms with E-state index in [4.69, 9.17) is 10.8 Å². The molecule has 3 heteroatoms. The van der Waals surface area contributed by atoms with E-state index in [0.717, 1.165) is 0 Å². The number of nitrogens with two attached hydrogens (primary N) is 1. The van der Waals surface area contributed by atoms with E-state index in [0.29, 0.717) is 11.1 Å². The van der Waals surface area contributed by atoms with Crippen molar-refractivity contribution in [3.8, 4) is 5.75 Å². The van der Waals surface area contributed by atoms with Crippen molar-refractivity contribution in [3.63, 3.8) is 0 Å². The molecule has 0 atom stereocenters. The van der Waals surface area contributed by atoms with Crippen LogP contribution < -0.4 is 5.73 Å². The Labute approximate surface area is 64.5 Å². The topological polar surface area (TPSA) is 46.2 Å². The average Bonchev–Trinajstić information content (AvgIpc) is 1.97. The van der Waals surface area contributed by atoms with Gasteiger partial charge in [-0.15, -0.1) is 0 Å². The molecule has 0 bridgehead atoms. The third kappa shape index (κ3) is 1.49. The number of hydrogen-bond acceptors (Lipinski definition) is 2. The number of phenols is 1. The summed E-state index contributed by atoms with van der Waals surface area (Å²) in [7, 11) is 0. The first kappa shape index (κ1) is 8.01. The molecule has 2 nitrogen and oxygen atoms in total. The van der Waals surface area contributed by atoms with Gasteiger partial charge >= 0.3 is 0 Å². The molecular formula is C8H10FNO. The molecule has 0 aliphatic carbocycles. The number of hydrogen-bond donors (Lipinski definition) is 2. The molecule has 0 spiro atoms. The fourth-order valence-corrected chi connectivity index (χ4v) is 0.871. The van der Waals surface area contributed by atoms with Crippen LogP contribution in [0, 0.1) is 12.7 Å². The smallest absolute Gasteiger partial charge is 0.126 e. The van der Waals surface area contributed by atoms with Crippen molar-refractivity contribution in [1.29, 1.82) is 0 Å². The highest BCUT2D eigenvalue weighted by Crippen LogP contribution is 2.20. The molecule has 0 saturated heterocycles. The highest BCUT2D eigenvalue weighted by Gasteiger charge is 2.03. The Kier molecular flexibility index (Phi) is 2.10. The summed E-state index contributed by atoms with van der Waals surface area (Å²) in [6, 6.07) is 2.63. The minimum Gasteiger partial charge on any atom is -0.508 e. The predicted octanol–water partition coefficient (Wildman–Crippen LogP) is 1.30. The minimum absolute atomic E-state index is 0.0615. The first-order valence-electron chi connectivity index (χ1n) is 3.33. The van der Waals surface area contributed by atoms with Gasteiger partial charge in [-0.3, -0.25) is 0 Å². The molecule has 0 fully saturated rings. The first-order valence-corrected chi connectivity index (χ1v) is 3.33. The lowest BCUT2D eigenvalue weighted by Crippen LogP contribution is -1.98. The van der Waals surface area contributed by atoms with E-state index in [1.807, 2.05) is 0 Å². The van der Waals surface area contributed by atoms with Gasteiger partial charge in [0.1, 0.15) is 11.6 Å². The molecule has 0 unspecified atom stereocenters. The van der Waals surface area contributed by atoms with Gasteiger partial charge in [-0.1, -0.05) is 0 Å². The summed E-state index contributed by atoms with van der Waals surface area (Å²) in [4.78, 5) is 0. The molecule has 0 aliphatic heterocycles. The van der Waals surface area contributed by atoms with Gasteiger partial charge < -0.3 is 10.8 Å². The maximum Gasteiger partial charge on any atom is 0.126 e. The van der Waals surface area contributed by atoms with Crippen LogP contribution in [0.15, 0.2) is 12.1 Å². The Hall–Kier alpha value is -1.09. The van der Waals surface area contributed by atoms with Gasteiger partial charge in [0.2, 0.25) is 0 Å². The van der Waals surface area contributed by atoms with Crippen LogP contribution in [0.3, 0.4) is 0 Å². The second-order valence-corrected chi connectivity index (χ2v) is 2.43. The number of benzene rings is 1. The number of rotatable bonds is 1. The lowest BCUT2D eigenvalue weighted by molar-refractivity contribution is 0.464. The SMILES string of the molecule is Cc1cc(O)c(CN)cc1F. The maximum absolute atomic E-state index is 12.8. The molecular weight excluding hydrogens is 145 g/mol. The van der Waals surface area contributed by atoms with Crippen molar-refractivity contribution in [2.45, 2.75) is 13.5 Å². The van der Waals surface area contributed by atoms with Gasteiger partial charge in [-0.25, -0.2) is 4.39 Å². The Morgan fingerprint density at radius 1 is 1.55 bits per heavy atom. The van der Waals surface area contributed by atoms with E-state index >= 15 is 0 Å². The Bertz CT molecular complexity index is 273. The van der Waals surface area contributed by atoms with Crippen molar-refractivity contribution >= 4 is 0 Å². The molecule has 0 aliphatic rings. The van der Waals surface area contributed by atoms with Gasteiger partial charge in [0, 0.05) is 12.1 Å². The fraction of sp³-hybridized carbons (Fsp3) is 0.250. The summed E-state index contributed by atoms with van der Waals surface area (Å²) in [6.45, 7) is 1.75. The van der Waals surface area contributed by atoms with Crippen molar-refractivity contribution in [2.75, 3.05) is 0 Å².